The van der Waals surface area contributed by atoms with Crippen LogP contribution in [0.3, 0.4) is 0 Å². The first kappa shape index (κ1) is 15.3. The minimum absolute atomic E-state index is 0.00796. The first-order chi connectivity index (χ1) is 13.1. The number of hydrogen-bond acceptors (Lipinski definition) is 4. The zero-order valence-electron chi connectivity index (χ0n) is 14.7. The lowest BCUT2D eigenvalue weighted by atomic mass is 9.76. The molecule has 4 heteroatoms. The van der Waals surface area contributed by atoms with Gasteiger partial charge in [-0.05, 0) is 90.9 Å². The predicted molar refractivity (Wildman–Crippen MR) is 97.1 cm³/mol. The van der Waals surface area contributed by atoms with E-state index in [1.165, 1.54) is 42.7 Å². The zero-order chi connectivity index (χ0) is 18.3. The van der Waals surface area contributed by atoms with Crippen LogP contribution in [0.25, 0.3) is 0 Å². The molecule has 4 fully saturated rings. The fourth-order valence-electron chi connectivity index (χ4n) is 5.54. The third kappa shape index (κ3) is 2.19. The molecule has 0 spiro atoms. The minimum Gasteiger partial charge on any atom is -0.452 e. The molecule has 1 aliphatic heterocycles. The molecule has 0 saturated heterocycles. The molecular formula is C23H18O4. The summed E-state index contributed by atoms with van der Waals surface area (Å²) in [6, 6.07) is 5.61. The van der Waals surface area contributed by atoms with E-state index in [1.807, 2.05) is 12.1 Å². The lowest BCUT2D eigenvalue weighted by Gasteiger charge is -2.29. The highest BCUT2D eigenvalue weighted by molar-refractivity contribution is 6.50. The van der Waals surface area contributed by atoms with Gasteiger partial charge in [0.2, 0.25) is 5.78 Å². The summed E-state index contributed by atoms with van der Waals surface area (Å²) in [7, 11) is 0. The van der Waals surface area contributed by atoms with Crippen molar-refractivity contribution in [3.63, 3.8) is 0 Å². The smallest absolute Gasteiger partial charge is 0.269 e. The van der Waals surface area contributed by atoms with E-state index in [0.29, 0.717) is 16.9 Å². The third-order valence-electron chi connectivity index (χ3n) is 6.98. The number of ketones is 3. The topological polar surface area (TPSA) is 60.4 Å². The first-order valence-electron chi connectivity index (χ1n) is 9.66. The number of carbonyl (C=O) groups is 3. The fourth-order valence-corrected chi connectivity index (χ4v) is 5.54. The number of allylic oxidation sites excluding steroid dienone is 6. The Kier molecular flexibility index (Phi) is 2.93. The first-order valence-corrected chi connectivity index (χ1v) is 9.66. The number of fused-ring (bicyclic) bond motifs is 3. The molecule has 27 heavy (non-hydrogen) atoms. The van der Waals surface area contributed by atoms with Crippen molar-refractivity contribution in [2.75, 3.05) is 0 Å². The van der Waals surface area contributed by atoms with Gasteiger partial charge in [0.1, 0.15) is 5.75 Å². The van der Waals surface area contributed by atoms with E-state index in [2.05, 4.69) is 0 Å². The number of carbonyl (C=O) groups excluding carboxylic acids is 3. The van der Waals surface area contributed by atoms with Crippen LogP contribution in [0.1, 0.15) is 28.8 Å². The van der Waals surface area contributed by atoms with Gasteiger partial charge in [-0.25, -0.2) is 0 Å². The van der Waals surface area contributed by atoms with Crippen molar-refractivity contribution < 1.29 is 19.1 Å². The molecule has 5 aliphatic carbocycles. The highest BCUT2D eigenvalue weighted by atomic mass is 16.5. The second kappa shape index (κ2) is 5.16. The largest absolute Gasteiger partial charge is 0.452 e. The highest BCUT2D eigenvalue weighted by Crippen LogP contribution is 2.80. The zero-order valence-corrected chi connectivity index (χ0v) is 14.7. The molecule has 2 bridgehead atoms. The van der Waals surface area contributed by atoms with E-state index in [4.69, 9.17) is 4.74 Å². The van der Waals surface area contributed by atoms with Crippen molar-refractivity contribution in [3.05, 3.63) is 65.0 Å². The van der Waals surface area contributed by atoms with E-state index in [-0.39, 0.29) is 11.5 Å². The second-order valence-electron chi connectivity index (χ2n) is 8.38. The van der Waals surface area contributed by atoms with Crippen LogP contribution in [-0.2, 0) is 16.0 Å². The van der Waals surface area contributed by atoms with Crippen LogP contribution in [0.4, 0.5) is 0 Å². The summed E-state index contributed by atoms with van der Waals surface area (Å²) < 4.78 is 5.86. The van der Waals surface area contributed by atoms with Crippen molar-refractivity contribution in [3.8, 4) is 5.75 Å². The van der Waals surface area contributed by atoms with Crippen LogP contribution in [-0.4, -0.2) is 17.3 Å². The Hall–Kier alpha value is -2.75. The Balaban J connectivity index is 1.31. The van der Waals surface area contributed by atoms with Gasteiger partial charge in [-0.2, -0.15) is 0 Å². The van der Waals surface area contributed by atoms with Gasteiger partial charge >= 0.3 is 0 Å². The maximum absolute atomic E-state index is 12.5. The Bertz CT molecular complexity index is 997. The predicted octanol–water partition coefficient (Wildman–Crippen LogP) is 3.22. The van der Waals surface area contributed by atoms with Crippen LogP contribution in [0.5, 0.6) is 5.75 Å². The molecule has 6 aliphatic rings. The average Bonchev–Trinajstić information content (AvgIpc) is 3.58. The molecule has 1 aromatic carbocycles. The normalized spacial score (nSPS) is 35.0. The fraction of sp³-hybridized carbons (Fsp3) is 0.348. The maximum atomic E-state index is 12.5. The van der Waals surface area contributed by atoms with E-state index in [9.17, 15) is 14.4 Å². The van der Waals surface area contributed by atoms with Crippen molar-refractivity contribution in [1.29, 1.82) is 0 Å². The molecule has 4 saturated carbocycles. The molecule has 3 unspecified atom stereocenters. The molecule has 134 valence electrons. The lowest BCUT2D eigenvalue weighted by Crippen LogP contribution is -2.27. The lowest BCUT2D eigenvalue weighted by molar-refractivity contribution is -0.114. The summed E-state index contributed by atoms with van der Waals surface area (Å²) in [6.45, 7) is 0. The quantitative estimate of drug-likeness (QED) is 0.602. The van der Waals surface area contributed by atoms with Gasteiger partial charge in [-0.3, -0.25) is 14.4 Å². The van der Waals surface area contributed by atoms with Crippen molar-refractivity contribution >= 4 is 17.3 Å². The summed E-state index contributed by atoms with van der Waals surface area (Å²) in [6.07, 6.45) is 9.48. The number of hydrogen-bond donors (Lipinski definition) is 0. The molecule has 7 rings (SSSR count). The third-order valence-corrected chi connectivity index (χ3v) is 6.98. The number of benzene rings is 1. The van der Waals surface area contributed by atoms with Gasteiger partial charge in [-0.15, -0.1) is 0 Å². The molecule has 0 aromatic heterocycles. The summed E-state index contributed by atoms with van der Waals surface area (Å²) in [5, 5.41) is 0. The molecule has 0 radical (unpaired) electrons. The summed E-state index contributed by atoms with van der Waals surface area (Å²) in [5.41, 5.74) is 1.95. The standard InChI is InChI=1S/C23H18O4/c24-14-5-2-12(3-6-14)23-22(26)21(25)15-7-1-11(10-17(15)27-23)9-13-4-8-16-19-18(13)20(16)19/h1-3,5-7,10,13,16,18-20H,4,8-9H2. The summed E-state index contributed by atoms with van der Waals surface area (Å²) in [5.74, 6) is 3.85. The SMILES string of the molecule is O=C1C=CC(=C2Oc3cc(CC4CCC5C6C4C56)ccc3C(=O)C2=O)C=C1. The molecular weight excluding hydrogens is 340 g/mol. The second-order valence-corrected chi connectivity index (χ2v) is 8.38. The van der Waals surface area contributed by atoms with E-state index in [0.717, 1.165) is 36.0 Å². The summed E-state index contributed by atoms with van der Waals surface area (Å²) in [4.78, 5) is 36.3. The van der Waals surface area contributed by atoms with Crippen LogP contribution in [0, 0.1) is 29.6 Å². The molecule has 3 atom stereocenters. The Morgan fingerprint density at radius 2 is 1.67 bits per heavy atom. The molecule has 1 aromatic rings. The number of ether oxygens (including phenoxy) is 1. The molecule has 1 heterocycles. The van der Waals surface area contributed by atoms with Crippen LogP contribution < -0.4 is 4.74 Å². The molecule has 0 amide bonds. The van der Waals surface area contributed by atoms with Crippen LogP contribution in [0.15, 0.2) is 53.8 Å². The minimum atomic E-state index is -0.662. The van der Waals surface area contributed by atoms with Gasteiger partial charge in [0.15, 0.2) is 11.5 Å². The van der Waals surface area contributed by atoms with E-state index >= 15 is 0 Å². The van der Waals surface area contributed by atoms with Gasteiger partial charge < -0.3 is 4.74 Å². The van der Waals surface area contributed by atoms with Crippen molar-refractivity contribution in [2.45, 2.75) is 19.3 Å². The molecule has 0 N–H and O–H groups in total. The molecule has 4 nitrogen and oxygen atoms in total. The maximum Gasteiger partial charge on any atom is 0.269 e. The van der Waals surface area contributed by atoms with Gasteiger partial charge in [0.25, 0.3) is 5.78 Å². The van der Waals surface area contributed by atoms with Crippen LogP contribution in [0.2, 0.25) is 0 Å². The van der Waals surface area contributed by atoms with Gasteiger partial charge in [-0.1, -0.05) is 6.07 Å². The van der Waals surface area contributed by atoms with Gasteiger partial charge in [0, 0.05) is 5.57 Å². The Labute approximate surface area is 156 Å². The van der Waals surface area contributed by atoms with Crippen LogP contribution >= 0.6 is 0 Å². The average molecular weight is 358 g/mol. The Morgan fingerprint density at radius 1 is 0.889 bits per heavy atom. The van der Waals surface area contributed by atoms with Crippen molar-refractivity contribution in [1.82, 2.24) is 0 Å². The van der Waals surface area contributed by atoms with E-state index < -0.39 is 11.6 Å². The van der Waals surface area contributed by atoms with Gasteiger partial charge in [0.05, 0.1) is 5.56 Å². The highest BCUT2D eigenvalue weighted by Gasteiger charge is 2.76. The number of rotatable bonds is 2. The monoisotopic (exact) mass is 358 g/mol. The Morgan fingerprint density at radius 3 is 2.41 bits per heavy atom. The van der Waals surface area contributed by atoms with Crippen molar-refractivity contribution in [2.24, 2.45) is 29.6 Å². The van der Waals surface area contributed by atoms with E-state index in [1.54, 1.807) is 6.07 Å². The summed E-state index contributed by atoms with van der Waals surface area (Å²) >= 11 is 0. The number of Topliss-reactive ketones (excluding diaryl/α,β-unsaturated/α-hetero) is 2.